The van der Waals surface area contributed by atoms with Gasteiger partial charge in [0.1, 0.15) is 0 Å². The number of nitrogens with zero attached hydrogens (tertiary/aromatic N) is 2. The van der Waals surface area contributed by atoms with Gasteiger partial charge in [0.05, 0.1) is 5.92 Å². The second-order valence-corrected chi connectivity index (χ2v) is 4.35. The number of anilines is 1. The molecule has 3 N–H and O–H groups in total. The van der Waals surface area contributed by atoms with E-state index in [-0.39, 0.29) is 17.9 Å². The maximum absolute atomic E-state index is 11.9. The first-order chi connectivity index (χ1) is 8.04. The maximum atomic E-state index is 11.9. The second kappa shape index (κ2) is 4.63. The van der Waals surface area contributed by atoms with Gasteiger partial charge in [-0.05, 0) is 26.3 Å². The van der Waals surface area contributed by atoms with E-state index in [1.54, 1.807) is 0 Å². The molecule has 1 aliphatic carbocycles. The molecule has 1 aliphatic rings. The minimum Gasteiger partial charge on any atom is -0.324 e. The van der Waals surface area contributed by atoms with Crippen molar-refractivity contribution in [3.05, 3.63) is 29.6 Å². The Hall–Kier alpha value is -1.75. The molecule has 0 radical (unpaired) electrons. The van der Waals surface area contributed by atoms with Crippen LogP contribution in [-0.2, 0) is 4.79 Å². The van der Waals surface area contributed by atoms with Gasteiger partial charge in [-0.15, -0.1) is 0 Å². The van der Waals surface area contributed by atoms with Crippen molar-refractivity contribution >= 4 is 11.9 Å². The number of hydrogen-bond donors (Lipinski definition) is 2. The lowest BCUT2D eigenvalue weighted by molar-refractivity contribution is -0.118. The fraction of sp³-hybridized carbons (Fsp3) is 0.417. The van der Waals surface area contributed by atoms with Crippen LogP contribution in [0.5, 0.6) is 0 Å². The first-order valence-corrected chi connectivity index (χ1v) is 5.61. The van der Waals surface area contributed by atoms with Crippen LogP contribution >= 0.6 is 0 Å². The summed E-state index contributed by atoms with van der Waals surface area (Å²) in [6.45, 7) is 3.74. The van der Waals surface area contributed by atoms with Crippen LogP contribution in [0.4, 0.5) is 5.95 Å². The van der Waals surface area contributed by atoms with Gasteiger partial charge in [0.25, 0.3) is 0 Å². The summed E-state index contributed by atoms with van der Waals surface area (Å²) in [5, 5.41) is 2.72. The van der Waals surface area contributed by atoms with Crippen LogP contribution in [-0.4, -0.2) is 21.9 Å². The molecule has 0 saturated carbocycles. The molecule has 5 heteroatoms. The molecule has 2 atom stereocenters. The van der Waals surface area contributed by atoms with Gasteiger partial charge >= 0.3 is 0 Å². The predicted molar refractivity (Wildman–Crippen MR) is 65.4 cm³/mol. The first kappa shape index (κ1) is 11.7. The average molecular weight is 232 g/mol. The van der Waals surface area contributed by atoms with Gasteiger partial charge in [-0.2, -0.15) is 0 Å². The molecule has 0 aliphatic heterocycles. The zero-order chi connectivity index (χ0) is 12.4. The zero-order valence-corrected chi connectivity index (χ0v) is 9.97. The Balaban J connectivity index is 2.05. The Morgan fingerprint density at radius 3 is 2.53 bits per heavy atom. The van der Waals surface area contributed by atoms with Gasteiger partial charge in [0.15, 0.2) is 0 Å². The Labute approximate surface area is 100 Å². The van der Waals surface area contributed by atoms with Crippen LogP contribution in [0.1, 0.15) is 17.8 Å². The lowest BCUT2D eigenvalue weighted by atomic mass is 10.1. The smallest absolute Gasteiger partial charge is 0.233 e. The summed E-state index contributed by atoms with van der Waals surface area (Å²) in [4.78, 5) is 20.2. The van der Waals surface area contributed by atoms with Crippen molar-refractivity contribution in [1.82, 2.24) is 9.97 Å². The molecule has 0 saturated heterocycles. The molecule has 2 rings (SSSR count). The molecule has 0 spiro atoms. The van der Waals surface area contributed by atoms with Crippen molar-refractivity contribution in [2.24, 2.45) is 11.7 Å². The molecule has 1 amide bonds. The van der Waals surface area contributed by atoms with Crippen LogP contribution in [0.2, 0.25) is 0 Å². The minimum absolute atomic E-state index is 0.0223. The number of nitrogens with two attached hydrogens (primary N) is 1. The highest BCUT2D eigenvalue weighted by molar-refractivity contribution is 5.92. The number of nitrogens with one attached hydrogen (secondary N) is 1. The molecule has 0 fully saturated rings. The Kier molecular flexibility index (Phi) is 3.19. The second-order valence-electron chi connectivity index (χ2n) is 4.35. The van der Waals surface area contributed by atoms with E-state index in [0.29, 0.717) is 12.4 Å². The number of amides is 1. The third-order valence-corrected chi connectivity index (χ3v) is 2.67. The molecular formula is C12H16N4O. The normalized spacial score (nSPS) is 22.8. The van der Waals surface area contributed by atoms with Gasteiger partial charge < -0.3 is 5.73 Å². The molecule has 1 aromatic heterocycles. The van der Waals surface area contributed by atoms with E-state index < -0.39 is 0 Å². The van der Waals surface area contributed by atoms with E-state index in [2.05, 4.69) is 15.3 Å². The monoisotopic (exact) mass is 232 g/mol. The topological polar surface area (TPSA) is 80.9 Å². The van der Waals surface area contributed by atoms with Crippen molar-refractivity contribution in [2.75, 3.05) is 5.32 Å². The van der Waals surface area contributed by atoms with Gasteiger partial charge in [0, 0.05) is 17.4 Å². The summed E-state index contributed by atoms with van der Waals surface area (Å²) in [7, 11) is 0. The Morgan fingerprint density at radius 1 is 1.35 bits per heavy atom. The van der Waals surface area contributed by atoms with E-state index >= 15 is 0 Å². The fourth-order valence-electron chi connectivity index (χ4n) is 1.91. The lowest BCUT2D eigenvalue weighted by Crippen LogP contribution is -2.25. The van der Waals surface area contributed by atoms with Crippen molar-refractivity contribution < 1.29 is 4.79 Å². The van der Waals surface area contributed by atoms with Gasteiger partial charge in [-0.3, -0.25) is 10.1 Å². The molecule has 1 aromatic rings. The average Bonchev–Trinajstić information content (AvgIpc) is 2.63. The van der Waals surface area contributed by atoms with Crippen LogP contribution in [0.3, 0.4) is 0 Å². The molecule has 5 nitrogen and oxygen atoms in total. The van der Waals surface area contributed by atoms with E-state index in [9.17, 15) is 4.79 Å². The first-order valence-electron chi connectivity index (χ1n) is 5.61. The zero-order valence-electron chi connectivity index (χ0n) is 9.97. The van der Waals surface area contributed by atoms with Crippen molar-refractivity contribution in [2.45, 2.75) is 26.3 Å². The highest BCUT2D eigenvalue weighted by Gasteiger charge is 2.23. The van der Waals surface area contributed by atoms with E-state index in [1.165, 1.54) is 0 Å². The molecule has 2 unspecified atom stereocenters. The maximum Gasteiger partial charge on any atom is 0.233 e. The molecule has 0 aromatic carbocycles. The number of carbonyl (C=O) groups excluding carboxylic acids is 1. The number of aryl methyl sites for hydroxylation is 2. The van der Waals surface area contributed by atoms with Gasteiger partial charge in [-0.1, -0.05) is 12.2 Å². The van der Waals surface area contributed by atoms with Crippen molar-refractivity contribution in [3.8, 4) is 0 Å². The molecule has 17 heavy (non-hydrogen) atoms. The molecule has 1 heterocycles. The molecule has 90 valence electrons. The van der Waals surface area contributed by atoms with Gasteiger partial charge in [-0.25, -0.2) is 9.97 Å². The summed E-state index contributed by atoms with van der Waals surface area (Å²) >= 11 is 0. The van der Waals surface area contributed by atoms with Crippen LogP contribution < -0.4 is 11.1 Å². The van der Waals surface area contributed by atoms with Crippen LogP contribution in [0.15, 0.2) is 18.2 Å². The van der Waals surface area contributed by atoms with E-state index in [4.69, 9.17) is 5.73 Å². The summed E-state index contributed by atoms with van der Waals surface area (Å²) in [6, 6.07) is 1.84. The Bertz CT molecular complexity index is 449. The standard InChI is InChI=1S/C12H16N4O/c1-7-5-8(2)15-12(14-7)16-11(17)9-3-4-10(13)6-9/h3-5,9-10H,6,13H2,1-2H3,(H,14,15,16,17). The molecular weight excluding hydrogens is 216 g/mol. The molecule has 0 bridgehead atoms. The van der Waals surface area contributed by atoms with Crippen LogP contribution in [0.25, 0.3) is 0 Å². The van der Waals surface area contributed by atoms with Crippen molar-refractivity contribution in [1.29, 1.82) is 0 Å². The quantitative estimate of drug-likeness (QED) is 0.743. The highest BCUT2D eigenvalue weighted by Crippen LogP contribution is 2.17. The third-order valence-electron chi connectivity index (χ3n) is 2.67. The number of hydrogen-bond acceptors (Lipinski definition) is 4. The summed E-state index contributed by atoms with van der Waals surface area (Å²) < 4.78 is 0. The number of aromatic nitrogens is 2. The van der Waals surface area contributed by atoms with Gasteiger partial charge in [0.2, 0.25) is 11.9 Å². The SMILES string of the molecule is Cc1cc(C)nc(NC(=O)C2C=CC(N)C2)n1. The van der Waals surface area contributed by atoms with Crippen LogP contribution in [0, 0.1) is 19.8 Å². The largest absolute Gasteiger partial charge is 0.324 e. The number of rotatable bonds is 2. The minimum atomic E-state index is -0.172. The van der Waals surface area contributed by atoms with E-state index in [0.717, 1.165) is 11.4 Å². The Morgan fingerprint density at radius 2 is 2.00 bits per heavy atom. The summed E-state index contributed by atoms with van der Waals surface area (Å²) in [5.41, 5.74) is 7.39. The highest BCUT2D eigenvalue weighted by atomic mass is 16.2. The van der Waals surface area contributed by atoms with E-state index in [1.807, 2.05) is 32.1 Å². The number of carbonyl (C=O) groups is 1. The summed E-state index contributed by atoms with van der Waals surface area (Å²) in [6.07, 6.45) is 4.34. The van der Waals surface area contributed by atoms with Crippen molar-refractivity contribution in [3.63, 3.8) is 0 Å². The fourth-order valence-corrected chi connectivity index (χ4v) is 1.91. The third kappa shape index (κ3) is 2.88. The predicted octanol–water partition coefficient (Wildman–Crippen LogP) is 0.935. The lowest BCUT2D eigenvalue weighted by Gasteiger charge is -2.10. The summed E-state index contributed by atoms with van der Waals surface area (Å²) in [5.74, 6) is 0.0926.